The van der Waals surface area contributed by atoms with E-state index in [9.17, 15) is 5.11 Å². The molecule has 1 aromatic carbocycles. The van der Waals surface area contributed by atoms with Crippen molar-refractivity contribution in [2.24, 2.45) is 0 Å². The minimum absolute atomic E-state index is 0.411. The van der Waals surface area contributed by atoms with Crippen LogP contribution in [0.15, 0.2) is 18.2 Å². The van der Waals surface area contributed by atoms with E-state index in [1.807, 2.05) is 0 Å². The standard InChI is InChI=1S/C11H16ClNO2/c1-11(2,14)5-6-15-10-7-8(12)3-4-9(10)13/h3-4,7,14H,5-6,13H2,1-2H3. The molecule has 0 saturated carbocycles. The third-order valence-electron chi connectivity index (χ3n) is 1.95. The molecular weight excluding hydrogens is 214 g/mol. The lowest BCUT2D eigenvalue weighted by Gasteiger charge is -2.17. The molecule has 0 aliphatic carbocycles. The predicted octanol–water partition coefficient (Wildman–Crippen LogP) is 2.46. The molecular formula is C11H16ClNO2. The van der Waals surface area contributed by atoms with E-state index in [0.717, 1.165) is 0 Å². The van der Waals surface area contributed by atoms with Crippen LogP contribution in [0.3, 0.4) is 0 Å². The molecule has 3 nitrogen and oxygen atoms in total. The van der Waals surface area contributed by atoms with E-state index in [4.69, 9.17) is 22.1 Å². The summed E-state index contributed by atoms with van der Waals surface area (Å²) in [6.07, 6.45) is 0.541. The third-order valence-corrected chi connectivity index (χ3v) is 2.18. The quantitative estimate of drug-likeness (QED) is 0.780. The second-order valence-corrected chi connectivity index (χ2v) is 4.53. The molecule has 4 heteroatoms. The molecule has 84 valence electrons. The van der Waals surface area contributed by atoms with Crippen molar-refractivity contribution in [3.63, 3.8) is 0 Å². The molecule has 1 rings (SSSR count). The van der Waals surface area contributed by atoms with Crippen LogP contribution in [0.5, 0.6) is 5.75 Å². The average Bonchev–Trinajstić information content (AvgIpc) is 2.09. The number of hydrogen-bond acceptors (Lipinski definition) is 3. The fraction of sp³-hybridized carbons (Fsp3) is 0.455. The number of benzene rings is 1. The van der Waals surface area contributed by atoms with Gasteiger partial charge in [-0.3, -0.25) is 0 Å². The number of anilines is 1. The van der Waals surface area contributed by atoms with Crippen LogP contribution in [0.2, 0.25) is 5.02 Å². The zero-order chi connectivity index (χ0) is 11.5. The van der Waals surface area contributed by atoms with E-state index in [1.165, 1.54) is 0 Å². The normalized spacial score (nSPS) is 11.5. The van der Waals surface area contributed by atoms with E-state index in [0.29, 0.717) is 29.5 Å². The number of halogens is 1. The molecule has 0 bridgehead atoms. The molecule has 0 radical (unpaired) electrons. The third kappa shape index (κ3) is 4.40. The number of aliphatic hydroxyl groups is 1. The molecule has 1 aromatic rings. The Morgan fingerprint density at radius 3 is 2.73 bits per heavy atom. The summed E-state index contributed by atoms with van der Waals surface area (Å²) in [5.41, 5.74) is 5.52. The lowest BCUT2D eigenvalue weighted by atomic mass is 10.1. The summed E-state index contributed by atoms with van der Waals surface area (Å²) in [7, 11) is 0. The van der Waals surface area contributed by atoms with Crippen LogP contribution in [0, 0.1) is 0 Å². The van der Waals surface area contributed by atoms with Crippen molar-refractivity contribution in [1.29, 1.82) is 0 Å². The molecule has 0 atom stereocenters. The molecule has 0 amide bonds. The van der Waals surface area contributed by atoms with Gasteiger partial charge in [-0.05, 0) is 26.0 Å². The lowest BCUT2D eigenvalue weighted by Crippen LogP contribution is -2.21. The number of nitrogen functional groups attached to an aromatic ring is 1. The van der Waals surface area contributed by atoms with E-state index in [1.54, 1.807) is 32.0 Å². The summed E-state index contributed by atoms with van der Waals surface area (Å²) in [6, 6.07) is 5.07. The van der Waals surface area contributed by atoms with Gasteiger partial charge in [0.05, 0.1) is 17.9 Å². The van der Waals surface area contributed by atoms with Crippen molar-refractivity contribution in [1.82, 2.24) is 0 Å². The monoisotopic (exact) mass is 229 g/mol. The van der Waals surface area contributed by atoms with Gasteiger partial charge in [-0.25, -0.2) is 0 Å². The summed E-state index contributed by atoms with van der Waals surface area (Å²) >= 11 is 5.80. The van der Waals surface area contributed by atoms with Gasteiger partial charge in [0.1, 0.15) is 5.75 Å². The van der Waals surface area contributed by atoms with Gasteiger partial charge >= 0.3 is 0 Å². The first-order valence-electron chi connectivity index (χ1n) is 4.79. The first-order chi connectivity index (χ1) is 6.88. The van der Waals surface area contributed by atoms with Crippen molar-refractivity contribution in [2.75, 3.05) is 12.3 Å². The Kier molecular flexibility index (Phi) is 3.83. The maximum atomic E-state index is 9.48. The Morgan fingerprint density at radius 2 is 2.13 bits per heavy atom. The fourth-order valence-electron chi connectivity index (χ4n) is 1.04. The number of nitrogens with two attached hydrogens (primary N) is 1. The maximum absolute atomic E-state index is 9.48. The topological polar surface area (TPSA) is 55.5 Å². The highest BCUT2D eigenvalue weighted by atomic mass is 35.5. The van der Waals surface area contributed by atoms with Crippen LogP contribution < -0.4 is 10.5 Å². The van der Waals surface area contributed by atoms with E-state index in [2.05, 4.69) is 0 Å². The van der Waals surface area contributed by atoms with Crippen LogP contribution >= 0.6 is 11.6 Å². The second-order valence-electron chi connectivity index (χ2n) is 4.09. The predicted molar refractivity (Wildman–Crippen MR) is 62.3 cm³/mol. The number of rotatable bonds is 4. The molecule has 0 aliphatic rings. The molecule has 15 heavy (non-hydrogen) atoms. The first-order valence-corrected chi connectivity index (χ1v) is 5.16. The SMILES string of the molecule is CC(C)(O)CCOc1cc(Cl)ccc1N. The van der Waals surface area contributed by atoms with Crippen molar-refractivity contribution >= 4 is 17.3 Å². The van der Waals surface area contributed by atoms with Gasteiger partial charge in [0.25, 0.3) is 0 Å². The van der Waals surface area contributed by atoms with Crippen molar-refractivity contribution in [2.45, 2.75) is 25.9 Å². The van der Waals surface area contributed by atoms with Crippen molar-refractivity contribution in [3.05, 3.63) is 23.2 Å². The van der Waals surface area contributed by atoms with Crippen LogP contribution in [0.25, 0.3) is 0 Å². The van der Waals surface area contributed by atoms with Gasteiger partial charge in [0, 0.05) is 17.5 Å². The van der Waals surface area contributed by atoms with E-state index >= 15 is 0 Å². The molecule has 0 aliphatic heterocycles. The van der Waals surface area contributed by atoms with Crippen LogP contribution in [-0.2, 0) is 0 Å². The summed E-state index contributed by atoms with van der Waals surface area (Å²) in [5, 5.41) is 10.1. The maximum Gasteiger partial charge on any atom is 0.143 e. The Bertz CT molecular complexity index is 334. The van der Waals surface area contributed by atoms with E-state index in [-0.39, 0.29) is 0 Å². The zero-order valence-electron chi connectivity index (χ0n) is 8.96. The molecule has 0 spiro atoms. The van der Waals surface area contributed by atoms with Crippen LogP contribution in [0.4, 0.5) is 5.69 Å². The molecule has 0 saturated heterocycles. The summed E-state index contributed by atoms with van der Waals surface area (Å²) < 4.78 is 5.42. The van der Waals surface area contributed by atoms with Gasteiger partial charge in [-0.1, -0.05) is 11.6 Å². The highest BCUT2D eigenvalue weighted by Gasteiger charge is 2.12. The summed E-state index contributed by atoms with van der Waals surface area (Å²) in [4.78, 5) is 0. The van der Waals surface area contributed by atoms with E-state index < -0.39 is 5.60 Å². The molecule has 0 aromatic heterocycles. The fourth-order valence-corrected chi connectivity index (χ4v) is 1.21. The Hall–Kier alpha value is -0.930. The van der Waals surface area contributed by atoms with Gasteiger partial charge in [-0.2, -0.15) is 0 Å². The molecule has 3 N–H and O–H groups in total. The minimum Gasteiger partial charge on any atom is -0.491 e. The Balaban J connectivity index is 2.54. The zero-order valence-corrected chi connectivity index (χ0v) is 9.71. The average molecular weight is 230 g/mol. The smallest absolute Gasteiger partial charge is 0.143 e. The minimum atomic E-state index is -0.729. The highest BCUT2D eigenvalue weighted by molar-refractivity contribution is 6.30. The lowest BCUT2D eigenvalue weighted by molar-refractivity contribution is 0.0554. The summed E-state index contributed by atoms with van der Waals surface area (Å²) in [6.45, 7) is 3.88. The summed E-state index contributed by atoms with van der Waals surface area (Å²) in [5.74, 6) is 0.562. The van der Waals surface area contributed by atoms with Crippen molar-refractivity contribution in [3.8, 4) is 5.75 Å². The van der Waals surface area contributed by atoms with Crippen molar-refractivity contribution < 1.29 is 9.84 Å². The van der Waals surface area contributed by atoms with Gasteiger partial charge in [0.15, 0.2) is 0 Å². The number of ether oxygens (including phenoxy) is 1. The first kappa shape index (κ1) is 12.1. The molecule has 0 heterocycles. The highest BCUT2D eigenvalue weighted by Crippen LogP contribution is 2.25. The Labute approximate surface area is 94.8 Å². The van der Waals surface area contributed by atoms with Gasteiger partial charge < -0.3 is 15.6 Å². The van der Waals surface area contributed by atoms with Crippen LogP contribution in [-0.4, -0.2) is 17.3 Å². The molecule has 0 fully saturated rings. The Morgan fingerprint density at radius 1 is 1.47 bits per heavy atom. The van der Waals surface area contributed by atoms with Gasteiger partial charge in [-0.15, -0.1) is 0 Å². The second kappa shape index (κ2) is 4.73. The number of hydrogen-bond donors (Lipinski definition) is 2. The largest absolute Gasteiger partial charge is 0.491 e. The van der Waals surface area contributed by atoms with Crippen LogP contribution in [0.1, 0.15) is 20.3 Å². The van der Waals surface area contributed by atoms with Gasteiger partial charge in [0.2, 0.25) is 0 Å². The molecule has 0 unspecified atom stereocenters.